The van der Waals surface area contributed by atoms with Crippen molar-refractivity contribution in [1.82, 2.24) is 9.97 Å². The van der Waals surface area contributed by atoms with Crippen molar-refractivity contribution < 1.29 is 8.78 Å². The van der Waals surface area contributed by atoms with E-state index in [1.807, 2.05) is 0 Å². The minimum atomic E-state index is -0.598. The second-order valence-electron chi connectivity index (χ2n) is 3.38. The van der Waals surface area contributed by atoms with Crippen molar-refractivity contribution in [2.75, 3.05) is 11.1 Å². The standard InChI is InChI=1S/C11H10F2N4/c12-8-2-1-3-9(13)7(8)5-15-11-4-10(14)16-6-17-11/h1-4,6H,5H2,(H3,14,15,16,17). The Morgan fingerprint density at radius 1 is 1.18 bits per heavy atom. The van der Waals surface area contributed by atoms with Gasteiger partial charge in [-0.2, -0.15) is 0 Å². The molecular weight excluding hydrogens is 226 g/mol. The summed E-state index contributed by atoms with van der Waals surface area (Å²) in [6.07, 6.45) is 1.27. The molecule has 0 aliphatic rings. The van der Waals surface area contributed by atoms with Crippen LogP contribution in [0.2, 0.25) is 0 Å². The number of nitrogens with one attached hydrogen (secondary N) is 1. The number of nitrogens with two attached hydrogens (primary N) is 1. The van der Waals surface area contributed by atoms with E-state index in [1.54, 1.807) is 0 Å². The van der Waals surface area contributed by atoms with Crippen LogP contribution < -0.4 is 11.1 Å². The summed E-state index contributed by atoms with van der Waals surface area (Å²) < 4.78 is 26.6. The number of hydrogen-bond donors (Lipinski definition) is 2. The molecule has 0 aliphatic carbocycles. The SMILES string of the molecule is Nc1cc(NCc2c(F)cccc2F)ncn1. The molecule has 0 amide bonds. The quantitative estimate of drug-likeness (QED) is 0.854. The van der Waals surface area contributed by atoms with E-state index in [9.17, 15) is 8.78 Å². The lowest BCUT2D eigenvalue weighted by Gasteiger charge is -2.07. The zero-order chi connectivity index (χ0) is 12.3. The highest BCUT2D eigenvalue weighted by Gasteiger charge is 2.07. The topological polar surface area (TPSA) is 63.8 Å². The molecule has 0 unspecified atom stereocenters. The second-order valence-corrected chi connectivity index (χ2v) is 3.38. The van der Waals surface area contributed by atoms with Gasteiger partial charge in [0.2, 0.25) is 0 Å². The van der Waals surface area contributed by atoms with Crippen LogP contribution in [0.1, 0.15) is 5.56 Å². The van der Waals surface area contributed by atoms with Crippen molar-refractivity contribution in [3.05, 3.63) is 47.8 Å². The molecule has 88 valence electrons. The first-order chi connectivity index (χ1) is 8.16. The first-order valence-corrected chi connectivity index (χ1v) is 4.91. The minimum absolute atomic E-state index is 0.00500. The highest BCUT2D eigenvalue weighted by Crippen LogP contribution is 2.14. The maximum absolute atomic E-state index is 13.3. The van der Waals surface area contributed by atoms with Crippen LogP contribution in [0.25, 0.3) is 0 Å². The fourth-order valence-electron chi connectivity index (χ4n) is 1.35. The predicted octanol–water partition coefficient (Wildman–Crippen LogP) is 1.95. The highest BCUT2D eigenvalue weighted by atomic mass is 19.1. The van der Waals surface area contributed by atoms with Gasteiger partial charge in [0, 0.05) is 18.2 Å². The van der Waals surface area contributed by atoms with Crippen LogP contribution in [-0.2, 0) is 6.54 Å². The summed E-state index contributed by atoms with van der Waals surface area (Å²) in [5.41, 5.74) is 5.41. The second kappa shape index (κ2) is 4.73. The summed E-state index contributed by atoms with van der Waals surface area (Å²) in [6.45, 7) is -0.00500. The number of nitrogens with zero attached hydrogens (tertiary/aromatic N) is 2. The average Bonchev–Trinajstić information content (AvgIpc) is 2.28. The van der Waals surface area contributed by atoms with Gasteiger partial charge in [-0.3, -0.25) is 0 Å². The Morgan fingerprint density at radius 2 is 1.88 bits per heavy atom. The third kappa shape index (κ3) is 2.66. The van der Waals surface area contributed by atoms with Gasteiger partial charge in [-0.05, 0) is 12.1 Å². The van der Waals surface area contributed by atoms with Crippen molar-refractivity contribution in [1.29, 1.82) is 0 Å². The summed E-state index contributed by atoms with van der Waals surface area (Å²) >= 11 is 0. The molecule has 0 radical (unpaired) electrons. The van der Waals surface area contributed by atoms with Gasteiger partial charge in [0.05, 0.1) is 0 Å². The molecule has 1 aromatic carbocycles. The van der Waals surface area contributed by atoms with Gasteiger partial charge in [-0.1, -0.05) is 6.07 Å². The monoisotopic (exact) mass is 236 g/mol. The molecule has 0 saturated carbocycles. The van der Waals surface area contributed by atoms with Crippen LogP contribution >= 0.6 is 0 Å². The Kier molecular flexibility index (Phi) is 3.13. The molecule has 0 atom stereocenters. The Balaban J connectivity index is 2.13. The van der Waals surface area contributed by atoms with Gasteiger partial charge in [0.25, 0.3) is 0 Å². The highest BCUT2D eigenvalue weighted by molar-refractivity contribution is 5.43. The molecule has 0 bridgehead atoms. The molecule has 1 heterocycles. The number of aromatic nitrogens is 2. The number of benzene rings is 1. The molecular formula is C11H10F2N4. The molecule has 0 aliphatic heterocycles. The predicted molar refractivity (Wildman–Crippen MR) is 60.1 cm³/mol. The molecule has 1 aromatic heterocycles. The van der Waals surface area contributed by atoms with Crippen molar-refractivity contribution in [3.8, 4) is 0 Å². The van der Waals surface area contributed by atoms with Crippen LogP contribution in [0.4, 0.5) is 20.4 Å². The summed E-state index contributed by atoms with van der Waals surface area (Å²) in [4.78, 5) is 7.58. The van der Waals surface area contributed by atoms with Gasteiger partial charge in [0.15, 0.2) is 0 Å². The number of halogens is 2. The maximum atomic E-state index is 13.3. The Bertz CT molecular complexity index is 510. The molecule has 0 saturated heterocycles. The van der Waals surface area contributed by atoms with Crippen molar-refractivity contribution >= 4 is 11.6 Å². The number of nitrogen functional groups attached to an aromatic ring is 1. The van der Waals surface area contributed by atoms with E-state index in [-0.39, 0.29) is 17.9 Å². The van der Waals surface area contributed by atoms with Crippen LogP contribution in [0, 0.1) is 11.6 Å². The molecule has 3 N–H and O–H groups in total. The van der Waals surface area contributed by atoms with Gasteiger partial charge in [0.1, 0.15) is 29.6 Å². The van der Waals surface area contributed by atoms with E-state index in [2.05, 4.69) is 15.3 Å². The Hall–Kier alpha value is -2.24. The summed E-state index contributed by atoms with van der Waals surface area (Å²) in [5.74, 6) is -0.490. The van der Waals surface area contributed by atoms with E-state index >= 15 is 0 Å². The maximum Gasteiger partial charge on any atom is 0.131 e. The summed E-state index contributed by atoms with van der Waals surface area (Å²) in [6, 6.07) is 5.21. The lowest BCUT2D eigenvalue weighted by molar-refractivity contribution is 0.560. The third-order valence-corrected chi connectivity index (χ3v) is 2.20. The van der Waals surface area contributed by atoms with Crippen molar-refractivity contribution in [3.63, 3.8) is 0 Å². The van der Waals surface area contributed by atoms with Crippen molar-refractivity contribution in [2.24, 2.45) is 0 Å². The lowest BCUT2D eigenvalue weighted by Crippen LogP contribution is -2.06. The average molecular weight is 236 g/mol. The number of anilines is 2. The van der Waals surface area contributed by atoms with Gasteiger partial charge in [-0.15, -0.1) is 0 Å². The fraction of sp³-hybridized carbons (Fsp3) is 0.0909. The minimum Gasteiger partial charge on any atom is -0.384 e. The van der Waals surface area contributed by atoms with E-state index < -0.39 is 11.6 Å². The largest absolute Gasteiger partial charge is 0.384 e. The van der Waals surface area contributed by atoms with Crippen LogP contribution in [0.5, 0.6) is 0 Å². The van der Waals surface area contributed by atoms with Crippen LogP contribution in [0.15, 0.2) is 30.6 Å². The zero-order valence-corrected chi connectivity index (χ0v) is 8.82. The Morgan fingerprint density at radius 3 is 2.53 bits per heavy atom. The lowest BCUT2D eigenvalue weighted by atomic mass is 10.2. The Labute approximate surface area is 96.5 Å². The molecule has 17 heavy (non-hydrogen) atoms. The molecule has 4 nitrogen and oxygen atoms in total. The van der Waals surface area contributed by atoms with Gasteiger partial charge in [-0.25, -0.2) is 18.7 Å². The van der Waals surface area contributed by atoms with Crippen molar-refractivity contribution in [2.45, 2.75) is 6.54 Å². The molecule has 2 rings (SSSR count). The van der Waals surface area contributed by atoms with Crippen LogP contribution in [0.3, 0.4) is 0 Å². The van der Waals surface area contributed by atoms with E-state index in [0.717, 1.165) is 0 Å². The first kappa shape index (κ1) is 11.3. The molecule has 0 fully saturated rings. The number of rotatable bonds is 3. The van der Waals surface area contributed by atoms with Gasteiger partial charge >= 0.3 is 0 Å². The van der Waals surface area contributed by atoms with E-state index in [1.165, 1.54) is 30.6 Å². The van der Waals surface area contributed by atoms with E-state index in [0.29, 0.717) is 5.82 Å². The fourth-order valence-corrected chi connectivity index (χ4v) is 1.35. The normalized spacial score (nSPS) is 10.2. The zero-order valence-electron chi connectivity index (χ0n) is 8.82. The van der Waals surface area contributed by atoms with Crippen LogP contribution in [-0.4, -0.2) is 9.97 Å². The number of hydrogen-bond acceptors (Lipinski definition) is 4. The molecule has 6 heteroatoms. The molecule has 0 spiro atoms. The first-order valence-electron chi connectivity index (χ1n) is 4.91. The third-order valence-electron chi connectivity index (χ3n) is 2.20. The van der Waals surface area contributed by atoms with Gasteiger partial charge < -0.3 is 11.1 Å². The summed E-state index contributed by atoms with van der Waals surface area (Å²) in [7, 11) is 0. The van der Waals surface area contributed by atoms with E-state index in [4.69, 9.17) is 5.73 Å². The smallest absolute Gasteiger partial charge is 0.131 e. The summed E-state index contributed by atoms with van der Waals surface area (Å²) in [5, 5.41) is 2.77. The molecule has 2 aromatic rings.